The number of rotatable bonds is 3. The summed E-state index contributed by atoms with van der Waals surface area (Å²) in [4.78, 5) is 4.96. The first-order chi connectivity index (χ1) is 24.4. The van der Waals surface area contributed by atoms with Crippen LogP contribution in [0.15, 0.2) is 144 Å². The number of hydrogen-bond donors (Lipinski definition) is 0. The molecule has 8 aromatic rings. The Kier molecular flexibility index (Phi) is 6.23. The van der Waals surface area contributed by atoms with Gasteiger partial charge in [-0.25, -0.2) is 0 Å². The van der Waals surface area contributed by atoms with E-state index in [9.17, 15) is 0 Å². The van der Waals surface area contributed by atoms with Crippen molar-refractivity contribution in [2.24, 2.45) is 0 Å². The van der Waals surface area contributed by atoms with Crippen LogP contribution >= 0.6 is 0 Å². The number of para-hydroxylation sites is 1. The maximum Gasteiger partial charge on any atom is 0.252 e. The van der Waals surface area contributed by atoms with Crippen LogP contribution in [0.25, 0.3) is 33.1 Å². The Bertz CT molecular complexity index is 2670. The third-order valence-electron chi connectivity index (χ3n) is 10.8. The van der Waals surface area contributed by atoms with Crippen LogP contribution in [0, 0.1) is 27.7 Å². The number of benzene rings is 7. The lowest BCUT2D eigenvalue weighted by Gasteiger charge is -2.44. The van der Waals surface area contributed by atoms with Crippen LogP contribution in [0.3, 0.4) is 0 Å². The highest BCUT2D eigenvalue weighted by Crippen LogP contribution is 2.46. The summed E-state index contributed by atoms with van der Waals surface area (Å²) in [6.07, 6.45) is 0. The predicted octanol–water partition coefficient (Wildman–Crippen LogP) is 10.6. The molecule has 7 aromatic carbocycles. The Morgan fingerprint density at radius 2 is 1.06 bits per heavy atom. The molecule has 0 fully saturated rings. The fourth-order valence-corrected chi connectivity index (χ4v) is 8.47. The van der Waals surface area contributed by atoms with Crippen LogP contribution in [-0.2, 0) is 0 Å². The quantitative estimate of drug-likeness (QED) is 0.179. The molecule has 50 heavy (non-hydrogen) atoms. The first-order valence-electron chi connectivity index (χ1n) is 17.5. The summed E-state index contributed by atoms with van der Waals surface area (Å²) in [5, 5.41) is 2.31. The molecule has 238 valence electrons. The Morgan fingerprint density at radius 3 is 1.78 bits per heavy atom. The zero-order valence-corrected chi connectivity index (χ0v) is 28.7. The normalized spacial score (nSPS) is 13.1. The van der Waals surface area contributed by atoms with Gasteiger partial charge in [-0.3, -0.25) is 0 Å². The summed E-state index contributed by atoms with van der Waals surface area (Å²) in [5.74, 6) is 0. The third-order valence-corrected chi connectivity index (χ3v) is 10.8. The minimum atomic E-state index is 0.111. The van der Waals surface area contributed by atoms with E-state index in [1.807, 2.05) is 6.07 Å². The maximum absolute atomic E-state index is 6.32. The molecule has 2 aliphatic heterocycles. The zero-order chi connectivity index (χ0) is 33.7. The van der Waals surface area contributed by atoms with Crippen LogP contribution in [0.4, 0.5) is 34.1 Å². The van der Waals surface area contributed by atoms with Gasteiger partial charge in [-0.1, -0.05) is 95.6 Å². The van der Waals surface area contributed by atoms with Crippen molar-refractivity contribution in [2.45, 2.75) is 27.7 Å². The van der Waals surface area contributed by atoms with Crippen molar-refractivity contribution in [1.82, 2.24) is 0 Å². The molecule has 0 bridgehead atoms. The monoisotopic (exact) mass is 642 g/mol. The Labute approximate surface area is 293 Å². The van der Waals surface area contributed by atoms with E-state index in [2.05, 4.69) is 171 Å². The second-order valence-corrected chi connectivity index (χ2v) is 14.1. The van der Waals surface area contributed by atoms with E-state index in [1.165, 1.54) is 78.2 Å². The Morgan fingerprint density at radius 1 is 0.460 bits per heavy atom. The molecular weight excluding hydrogens is 607 g/mol. The lowest BCUT2D eigenvalue weighted by Crippen LogP contribution is -2.61. The van der Waals surface area contributed by atoms with Gasteiger partial charge in [0, 0.05) is 44.9 Å². The second-order valence-electron chi connectivity index (χ2n) is 14.1. The van der Waals surface area contributed by atoms with Gasteiger partial charge < -0.3 is 14.2 Å². The largest absolute Gasteiger partial charge is 0.456 e. The summed E-state index contributed by atoms with van der Waals surface area (Å²) < 4.78 is 6.32. The van der Waals surface area contributed by atoms with E-state index in [0.717, 1.165) is 27.6 Å². The van der Waals surface area contributed by atoms with E-state index in [-0.39, 0.29) is 6.71 Å². The second kappa shape index (κ2) is 10.8. The topological polar surface area (TPSA) is 19.6 Å². The van der Waals surface area contributed by atoms with Gasteiger partial charge >= 0.3 is 0 Å². The molecule has 0 saturated carbocycles. The van der Waals surface area contributed by atoms with E-state index in [4.69, 9.17) is 4.42 Å². The lowest BCUT2D eigenvalue weighted by atomic mass is 9.33. The van der Waals surface area contributed by atoms with E-state index < -0.39 is 0 Å². The van der Waals surface area contributed by atoms with Crippen LogP contribution in [0.2, 0.25) is 0 Å². The average Bonchev–Trinajstić information content (AvgIpc) is 3.52. The number of anilines is 6. The van der Waals surface area contributed by atoms with Crippen molar-refractivity contribution in [3.05, 3.63) is 162 Å². The summed E-state index contributed by atoms with van der Waals surface area (Å²) in [7, 11) is 0. The lowest BCUT2D eigenvalue weighted by molar-refractivity contribution is 0.669. The molecule has 0 spiro atoms. The molecule has 1 aromatic heterocycles. The van der Waals surface area contributed by atoms with E-state index >= 15 is 0 Å². The molecule has 0 aliphatic carbocycles. The highest BCUT2D eigenvalue weighted by Gasteiger charge is 2.43. The highest BCUT2D eigenvalue weighted by molar-refractivity contribution is 7.00. The fourth-order valence-electron chi connectivity index (χ4n) is 8.47. The number of hydrogen-bond acceptors (Lipinski definition) is 3. The van der Waals surface area contributed by atoms with Crippen molar-refractivity contribution in [3.63, 3.8) is 0 Å². The maximum atomic E-state index is 6.32. The number of furan rings is 1. The van der Waals surface area contributed by atoms with E-state index in [1.54, 1.807) is 0 Å². The van der Waals surface area contributed by atoms with Crippen molar-refractivity contribution in [1.29, 1.82) is 0 Å². The molecule has 0 N–H and O–H groups in total. The highest BCUT2D eigenvalue weighted by atomic mass is 16.3. The number of aryl methyl sites for hydroxylation is 4. The molecule has 2 aliphatic rings. The minimum absolute atomic E-state index is 0.111. The SMILES string of the molecule is Cc1ccc(N2c3ccc(C)cc3B3c4cc(C)ccc4N(c4ccc(C)c(-c5cccc6oc7ccccc7c56)c4)c4cccc2c43)cc1. The molecule has 0 unspecified atom stereocenters. The van der Waals surface area contributed by atoms with Gasteiger partial charge in [0.1, 0.15) is 11.2 Å². The van der Waals surface area contributed by atoms with Crippen molar-refractivity contribution >= 4 is 79.2 Å². The van der Waals surface area contributed by atoms with Crippen LogP contribution in [-0.4, -0.2) is 6.71 Å². The van der Waals surface area contributed by atoms with Crippen LogP contribution in [0.1, 0.15) is 22.3 Å². The van der Waals surface area contributed by atoms with E-state index in [0.29, 0.717) is 0 Å². The van der Waals surface area contributed by atoms with Gasteiger partial charge in [-0.05, 0) is 121 Å². The Balaban J connectivity index is 1.24. The Hall–Kier alpha value is -6.00. The van der Waals surface area contributed by atoms with Crippen molar-refractivity contribution in [2.75, 3.05) is 9.80 Å². The summed E-state index contributed by atoms with van der Waals surface area (Å²) in [5.41, 5.74) is 20.5. The summed E-state index contributed by atoms with van der Waals surface area (Å²) >= 11 is 0. The van der Waals surface area contributed by atoms with Gasteiger partial charge in [0.15, 0.2) is 0 Å². The molecule has 0 radical (unpaired) electrons. The molecule has 0 atom stereocenters. The van der Waals surface area contributed by atoms with Gasteiger partial charge in [0.05, 0.1) is 0 Å². The number of nitrogens with zero attached hydrogens (tertiary/aromatic N) is 2. The smallest absolute Gasteiger partial charge is 0.252 e. The molecule has 0 saturated heterocycles. The molecule has 4 heteroatoms. The van der Waals surface area contributed by atoms with Gasteiger partial charge in [-0.15, -0.1) is 0 Å². The minimum Gasteiger partial charge on any atom is -0.456 e. The van der Waals surface area contributed by atoms with Crippen LogP contribution < -0.4 is 26.2 Å². The standard InChI is InChI=1S/C46H35BN2O/c1-28-15-20-32(21-16-28)48-39-23-17-29(2)25-37(39)47-38-26-30(3)18-24-40(38)49(42-12-8-11-41(48)46(42)47)33-22-19-31(4)36(27-33)34-10-7-14-44-45(34)35-9-5-6-13-43(35)50-44/h5-27H,1-4H3. The number of fused-ring (bicyclic) bond motifs is 7. The summed E-state index contributed by atoms with van der Waals surface area (Å²) in [6.45, 7) is 8.90. The van der Waals surface area contributed by atoms with Gasteiger partial charge in [0.25, 0.3) is 6.71 Å². The third kappa shape index (κ3) is 4.18. The predicted molar refractivity (Wildman–Crippen MR) is 212 cm³/mol. The van der Waals surface area contributed by atoms with Gasteiger partial charge in [-0.2, -0.15) is 0 Å². The fraction of sp³-hybridized carbons (Fsp3) is 0.0870. The molecule has 3 nitrogen and oxygen atoms in total. The molecule has 0 amide bonds. The molecular formula is C46H35BN2O. The van der Waals surface area contributed by atoms with Crippen molar-refractivity contribution < 1.29 is 4.42 Å². The first kappa shape index (κ1) is 29.0. The first-order valence-corrected chi connectivity index (χ1v) is 17.5. The zero-order valence-electron chi connectivity index (χ0n) is 28.7. The molecule has 3 heterocycles. The summed E-state index contributed by atoms with van der Waals surface area (Å²) in [6, 6.07) is 51.5. The van der Waals surface area contributed by atoms with Crippen molar-refractivity contribution in [3.8, 4) is 11.1 Å². The average molecular weight is 643 g/mol. The molecule has 10 rings (SSSR count). The van der Waals surface area contributed by atoms with Gasteiger partial charge in [0.2, 0.25) is 0 Å². The van der Waals surface area contributed by atoms with Crippen LogP contribution in [0.5, 0.6) is 0 Å².